The Hall–Kier alpha value is -2.33. The average molecular weight is 457 g/mol. The predicted molar refractivity (Wildman–Crippen MR) is 119 cm³/mol. The molecule has 0 saturated carbocycles. The van der Waals surface area contributed by atoms with Crippen LogP contribution in [0.1, 0.15) is 10.5 Å². The number of ether oxygens (including phenoxy) is 1. The van der Waals surface area contributed by atoms with E-state index in [9.17, 15) is 9.90 Å². The number of hydrogen-bond donors (Lipinski definition) is 3. The van der Waals surface area contributed by atoms with Crippen molar-refractivity contribution in [3.05, 3.63) is 41.2 Å². The second-order valence-corrected chi connectivity index (χ2v) is 7.20. The van der Waals surface area contributed by atoms with Crippen molar-refractivity contribution in [3.8, 4) is 5.75 Å². The number of primary amides is 1. The molecule has 2 aromatic rings. The number of nitrogens with zero attached hydrogens (tertiary/aromatic N) is 4. The second kappa shape index (κ2) is 11.2. The van der Waals surface area contributed by atoms with Crippen molar-refractivity contribution in [1.29, 1.82) is 0 Å². The van der Waals surface area contributed by atoms with Gasteiger partial charge in [0.15, 0.2) is 0 Å². The van der Waals surface area contributed by atoms with Crippen molar-refractivity contribution in [2.24, 2.45) is 5.73 Å². The summed E-state index contributed by atoms with van der Waals surface area (Å²) in [5.41, 5.74) is 6.32. The van der Waals surface area contributed by atoms with Crippen LogP contribution in [0.3, 0.4) is 0 Å². The van der Waals surface area contributed by atoms with Crippen LogP contribution < -0.4 is 20.7 Å². The van der Waals surface area contributed by atoms with Crippen LogP contribution in [-0.2, 0) is 0 Å². The minimum Gasteiger partial charge on any atom is -0.495 e. The minimum absolute atomic E-state index is 0. The molecule has 9 nitrogen and oxygen atoms in total. The molecule has 1 aromatic heterocycles. The first-order chi connectivity index (χ1) is 14.0. The van der Waals surface area contributed by atoms with Gasteiger partial charge in [-0.15, -0.1) is 12.4 Å². The molecule has 3 rings (SSSR count). The maximum atomic E-state index is 11.2. The van der Waals surface area contributed by atoms with Gasteiger partial charge in [0.25, 0.3) is 5.91 Å². The molecular weight excluding hydrogens is 431 g/mol. The van der Waals surface area contributed by atoms with E-state index in [2.05, 4.69) is 25.1 Å². The van der Waals surface area contributed by atoms with E-state index in [0.717, 1.165) is 37.6 Å². The van der Waals surface area contributed by atoms with E-state index in [1.165, 1.54) is 12.3 Å². The Kier molecular flexibility index (Phi) is 8.91. The molecule has 1 aliphatic heterocycles. The number of benzene rings is 1. The lowest BCUT2D eigenvalue weighted by atomic mass is 10.2. The van der Waals surface area contributed by atoms with E-state index in [1.807, 2.05) is 18.2 Å². The van der Waals surface area contributed by atoms with Gasteiger partial charge in [-0.05, 0) is 24.3 Å². The van der Waals surface area contributed by atoms with Crippen LogP contribution in [0.15, 0.2) is 30.5 Å². The highest BCUT2D eigenvalue weighted by molar-refractivity contribution is 6.30. The first-order valence-corrected chi connectivity index (χ1v) is 9.69. The lowest BCUT2D eigenvalue weighted by molar-refractivity contribution is 0.0995. The minimum atomic E-state index is -0.620. The monoisotopic (exact) mass is 456 g/mol. The molecule has 30 heavy (non-hydrogen) atoms. The van der Waals surface area contributed by atoms with Gasteiger partial charge in [-0.25, -0.2) is 9.97 Å². The van der Waals surface area contributed by atoms with Gasteiger partial charge in [-0.1, -0.05) is 11.6 Å². The van der Waals surface area contributed by atoms with Crippen molar-refractivity contribution in [2.75, 3.05) is 56.6 Å². The molecule has 1 atom stereocenters. The van der Waals surface area contributed by atoms with Crippen molar-refractivity contribution < 1.29 is 14.6 Å². The summed E-state index contributed by atoms with van der Waals surface area (Å²) < 4.78 is 5.44. The molecule has 0 aliphatic carbocycles. The molecular formula is C19H26Cl2N6O3. The van der Waals surface area contributed by atoms with Crippen LogP contribution in [0.2, 0.25) is 5.02 Å². The first-order valence-electron chi connectivity index (χ1n) is 9.32. The van der Waals surface area contributed by atoms with Crippen LogP contribution in [0.5, 0.6) is 5.75 Å². The van der Waals surface area contributed by atoms with Crippen LogP contribution >= 0.6 is 24.0 Å². The maximum Gasteiger partial charge on any atom is 0.267 e. The Morgan fingerprint density at radius 1 is 1.33 bits per heavy atom. The summed E-state index contributed by atoms with van der Waals surface area (Å²) in [5, 5.41) is 14.0. The van der Waals surface area contributed by atoms with Gasteiger partial charge < -0.3 is 25.8 Å². The molecule has 2 heterocycles. The number of aliphatic hydroxyl groups is 1. The number of carbonyl (C=O) groups is 1. The standard InChI is InChI=1S/C19H25ClN6O3.ClH/c1-29-17-3-2-13(20)10-16(17)26-8-6-25(7-9-26)12-14(27)11-23-19-22-5-4-15(24-19)18(21)28;/h2-5,10,14,27H,6-9,11-12H2,1H3,(H2,21,28)(H,22,23,24);1H. The summed E-state index contributed by atoms with van der Waals surface area (Å²) in [5.74, 6) is 0.439. The molecule has 4 N–H and O–H groups in total. The van der Waals surface area contributed by atoms with Crippen LogP contribution in [-0.4, -0.2) is 78.4 Å². The summed E-state index contributed by atoms with van der Waals surface area (Å²) in [4.78, 5) is 23.6. The fraction of sp³-hybridized carbons (Fsp3) is 0.421. The number of β-amino-alcohol motifs (C(OH)–C–C–N with tert-alkyl or cyclic N) is 1. The summed E-state index contributed by atoms with van der Waals surface area (Å²) in [6.07, 6.45) is 0.841. The van der Waals surface area contributed by atoms with Crippen molar-refractivity contribution in [1.82, 2.24) is 14.9 Å². The number of hydrogen-bond acceptors (Lipinski definition) is 8. The molecule has 1 aromatic carbocycles. The van der Waals surface area contributed by atoms with Crippen molar-refractivity contribution >= 4 is 41.6 Å². The second-order valence-electron chi connectivity index (χ2n) is 6.77. The molecule has 1 amide bonds. The van der Waals surface area contributed by atoms with Crippen LogP contribution in [0.25, 0.3) is 0 Å². The fourth-order valence-corrected chi connectivity index (χ4v) is 3.40. The molecule has 1 aliphatic rings. The lowest BCUT2D eigenvalue weighted by Crippen LogP contribution is -2.49. The highest BCUT2D eigenvalue weighted by atomic mass is 35.5. The van der Waals surface area contributed by atoms with Gasteiger partial charge >= 0.3 is 0 Å². The number of nitrogens with two attached hydrogens (primary N) is 1. The Bertz CT molecular complexity index is 849. The zero-order valence-electron chi connectivity index (χ0n) is 16.6. The van der Waals surface area contributed by atoms with E-state index < -0.39 is 12.0 Å². The number of piperazine rings is 1. The van der Waals surface area contributed by atoms with E-state index in [-0.39, 0.29) is 30.6 Å². The van der Waals surface area contributed by atoms with E-state index in [4.69, 9.17) is 22.1 Å². The molecule has 0 spiro atoms. The summed E-state index contributed by atoms with van der Waals surface area (Å²) in [7, 11) is 1.65. The Balaban J connectivity index is 0.00000320. The number of nitrogens with one attached hydrogen (secondary N) is 1. The van der Waals surface area contributed by atoms with Gasteiger partial charge in [0.1, 0.15) is 11.4 Å². The molecule has 0 radical (unpaired) electrons. The Labute approximate surface area is 186 Å². The van der Waals surface area contributed by atoms with Crippen molar-refractivity contribution in [3.63, 3.8) is 0 Å². The number of anilines is 2. The molecule has 164 valence electrons. The molecule has 1 fully saturated rings. The number of carbonyl (C=O) groups excluding carboxylic acids is 1. The van der Waals surface area contributed by atoms with Gasteiger partial charge in [0.2, 0.25) is 5.95 Å². The van der Waals surface area contributed by atoms with Gasteiger partial charge in [-0.2, -0.15) is 0 Å². The zero-order chi connectivity index (χ0) is 20.8. The van der Waals surface area contributed by atoms with E-state index in [1.54, 1.807) is 7.11 Å². The predicted octanol–water partition coefficient (Wildman–Crippen LogP) is 1.25. The van der Waals surface area contributed by atoms with Crippen molar-refractivity contribution in [2.45, 2.75) is 6.10 Å². The SMILES string of the molecule is COc1ccc(Cl)cc1N1CCN(CC(O)CNc2nccc(C(N)=O)n2)CC1.Cl. The Morgan fingerprint density at radius 3 is 2.73 bits per heavy atom. The summed E-state index contributed by atoms with van der Waals surface area (Å²) in [6, 6.07) is 7.04. The third-order valence-corrected chi connectivity index (χ3v) is 4.96. The van der Waals surface area contributed by atoms with E-state index >= 15 is 0 Å². The third-order valence-electron chi connectivity index (χ3n) is 4.73. The maximum absolute atomic E-state index is 11.2. The zero-order valence-corrected chi connectivity index (χ0v) is 18.2. The van der Waals surface area contributed by atoms with Gasteiger partial charge in [0, 0.05) is 50.5 Å². The average Bonchev–Trinajstić information content (AvgIpc) is 2.73. The smallest absolute Gasteiger partial charge is 0.267 e. The number of aliphatic hydroxyl groups excluding tert-OH is 1. The lowest BCUT2D eigenvalue weighted by Gasteiger charge is -2.37. The molecule has 0 bridgehead atoms. The molecule has 11 heteroatoms. The number of halogens is 2. The normalized spacial score (nSPS) is 15.2. The van der Waals surface area contributed by atoms with Gasteiger partial charge in [-0.3, -0.25) is 9.69 Å². The number of methoxy groups -OCH3 is 1. The van der Waals surface area contributed by atoms with Gasteiger partial charge in [0.05, 0.1) is 18.9 Å². The number of amides is 1. The van der Waals surface area contributed by atoms with Crippen LogP contribution in [0.4, 0.5) is 11.6 Å². The molecule has 1 unspecified atom stereocenters. The topological polar surface area (TPSA) is 117 Å². The number of aromatic nitrogens is 2. The summed E-state index contributed by atoms with van der Waals surface area (Å²) >= 11 is 6.13. The van der Waals surface area contributed by atoms with E-state index in [0.29, 0.717) is 11.6 Å². The summed E-state index contributed by atoms with van der Waals surface area (Å²) in [6.45, 7) is 4.01. The largest absolute Gasteiger partial charge is 0.495 e. The Morgan fingerprint density at radius 2 is 2.07 bits per heavy atom. The highest BCUT2D eigenvalue weighted by Gasteiger charge is 2.21. The quantitative estimate of drug-likeness (QED) is 0.543. The first kappa shape index (κ1) is 23.9. The third kappa shape index (κ3) is 6.33. The fourth-order valence-electron chi connectivity index (χ4n) is 3.23. The number of rotatable bonds is 8. The highest BCUT2D eigenvalue weighted by Crippen LogP contribution is 2.31. The van der Waals surface area contributed by atoms with Crippen LogP contribution in [0, 0.1) is 0 Å². The molecule has 1 saturated heterocycles.